The minimum atomic E-state index is -0.769. The number of nitrogens with one attached hydrogen (secondary N) is 4. The van der Waals surface area contributed by atoms with Gasteiger partial charge >= 0.3 is 12.1 Å². The molecule has 0 bridgehead atoms. The molecule has 216 valence electrons. The van der Waals surface area contributed by atoms with Crippen LogP contribution in [-0.4, -0.2) is 58.4 Å². The highest BCUT2D eigenvalue weighted by atomic mass is 19.1. The Hall–Kier alpha value is -3.73. The van der Waals surface area contributed by atoms with E-state index in [4.69, 9.17) is 15.2 Å². The summed E-state index contributed by atoms with van der Waals surface area (Å²) in [5.74, 6) is -1.39. The van der Waals surface area contributed by atoms with Crippen LogP contribution in [0.2, 0.25) is 0 Å². The lowest BCUT2D eigenvalue weighted by atomic mass is 10.1. The van der Waals surface area contributed by atoms with E-state index in [0.717, 1.165) is 74.3 Å². The van der Waals surface area contributed by atoms with Crippen molar-refractivity contribution in [2.75, 3.05) is 57.0 Å². The van der Waals surface area contributed by atoms with Crippen LogP contribution in [0.15, 0.2) is 54.6 Å². The third kappa shape index (κ3) is 10.1. The molecule has 0 heterocycles. The second kappa shape index (κ2) is 17.1. The molecule has 3 rings (SSSR count). The molecule has 0 radical (unpaired) electrons. The monoisotopic (exact) mass is 553 g/mol. The van der Waals surface area contributed by atoms with Crippen LogP contribution in [0, 0.1) is 5.82 Å². The number of hydrogen-bond acceptors (Lipinski definition) is 8. The summed E-state index contributed by atoms with van der Waals surface area (Å²) < 4.78 is 24.9. The SMILES string of the molecule is COC(=O)c1cc(F)c(NCCCNCCCCNCCCN)cc1NC(=O)OCc1ccc2ccccc2c1. The average Bonchev–Trinajstić information content (AvgIpc) is 2.97. The summed E-state index contributed by atoms with van der Waals surface area (Å²) in [4.78, 5) is 24.8. The zero-order valence-electron chi connectivity index (χ0n) is 23.1. The van der Waals surface area contributed by atoms with Crippen LogP contribution in [0.5, 0.6) is 0 Å². The Balaban J connectivity index is 1.47. The molecule has 0 aliphatic heterocycles. The molecule has 0 saturated heterocycles. The summed E-state index contributed by atoms with van der Waals surface area (Å²) in [7, 11) is 1.19. The first-order chi connectivity index (χ1) is 19.5. The standard InChI is InChI=1S/C30H40FN5O4/c1-39-29(37)25-19-26(31)28(35-17-7-16-34-14-5-4-13-33-15-6-12-32)20-27(25)36-30(38)40-21-22-10-11-23-8-2-3-9-24(23)18-22/h2-3,8-11,18-20,33-35H,4-7,12-17,21,32H2,1H3,(H,36,38). The highest BCUT2D eigenvalue weighted by Crippen LogP contribution is 2.26. The Kier molecular flexibility index (Phi) is 13.1. The molecule has 9 nitrogen and oxygen atoms in total. The first kappa shape index (κ1) is 30.8. The molecule has 0 unspecified atom stereocenters. The molecule has 3 aromatic rings. The molecule has 6 N–H and O–H groups in total. The van der Waals surface area contributed by atoms with Gasteiger partial charge in [0.1, 0.15) is 12.4 Å². The van der Waals surface area contributed by atoms with E-state index < -0.39 is 17.9 Å². The number of ether oxygens (including phenoxy) is 2. The van der Waals surface area contributed by atoms with Gasteiger partial charge in [0.25, 0.3) is 0 Å². The van der Waals surface area contributed by atoms with E-state index in [9.17, 15) is 14.0 Å². The zero-order chi connectivity index (χ0) is 28.6. The van der Waals surface area contributed by atoms with Crippen molar-refractivity contribution in [2.45, 2.75) is 32.3 Å². The number of carbonyl (C=O) groups is 2. The third-order valence-electron chi connectivity index (χ3n) is 6.29. The summed E-state index contributed by atoms with van der Waals surface area (Å²) in [5, 5.41) is 14.4. The number of rotatable bonds is 17. The average molecular weight is 554 g/mol. The van der Waals surface area contributed by atoms with Gasteiger partial charge < -0.3 is 31.2 Å². The van der Waals surface area contributed by atoms with E-state index in [1.54, 1.807) is 0 Å². The van der Waals surface area contributed by atoms with Crippen molar-refractivity contribution in [1.82, 2.24) is 10.6 Å². The second-order valence-corrected chi connectivity index (χ2v) is 9.38. The van der Waals surface area contributed by atoms with Crippen LogP contribution in [0.25, 0.3) is 10.8 Å². The molecular weight excluding hydrogens is 513 g/mol. The maximum atomic E-state index is 14.7. The summed E-state index contributed by atoms with van der Waals surface area (Å²) >= 11 is 0. The summed E-state index contributed by atoms with van der Waals surface area (Å²) in [5.41, 5.74) is 6.45. The maximum Gasteiger partial charge on any atom is 0.411 e. The van der Waals surface area contributed by atoms with E-state index in [2.05, 4.69) is 21.3 Å². The van der Waals surface area contributed by atoms with Crippen LogP contribution in [0.3, 0.4) is 0 Å². The van der Waals surface area contributed by atoms with Gasteiger partial charge in [-0.15, -0.1) is 0 Å². The van der Waals surface area contributed by atoms with Crippen LogP contribution in [-0.2, 0) is 16.1 Å². The number of nitrogens with two attached hydrogens (primary N) is 1. The molecule has 0 spiro atoms. The largest absolute Gasteiger partial charge is 0.465 e. The van der Waals surface area contributed by atoms with E-state index in [1.165, 1.54) is 13.2 Å². The van der Waals surface area contributed by atoms with Gasteiger partial charge in [-0.05, 0) is 92.9 Å². The van der Waals surface area contributed by atoms with Gasteiger partial charge in [0.15, 0.2) is 0 Å². The normalized spacial score (nSPS) is 10.9. The molecule has 0 fully saturated rings. The van der Waals surface area contributed by atoms with Crippen LogP contribution < -0.4 is 27.0 Å². The van der Waals surface area contributed by atoms with Gasteiger partial charge in [0.05, 0.1) is 24.0 Å². The molecule has 0 saturated carbocycles. The summed E-state index contributed by atoms with van der Waals surface area (Å²) in [6.45, 7) is 4.88. The molecule has 0 aromatic heterocycles. The van der Waals surface area contributed by atoms with Crippen molar-refractivity contribution in [3.05, 3.63) is 71.5 Å². The number of unbranched alkanes of at least 4 members (excludes halogenated alkanes) is 1. The molecular formula is C30H40FN5O4. The quantitative estimate of drug-likeness (QED) is 0.121. The Morgan fingerprint density at radius 3 is 2.25 bits per heavy atom. The number of amides is 1. The fourth-order valence-electron chi connectivity index (χ4n) is 4.13. The Morgan fingerprint density at radius 2 is 1.52 bits per heavy atom. The lowest BCUT2D eigenvalue weighted by molar-refractivity contribution is 0.0601. The van der Waals surface area contributed by atoms with Crippen LogP contribution in [0.4, 0.5) is 20.6 Å². The van der Waals surface area contributed by atoms with Crippen LogP contribution in [0.1, 0.15) is 41.6 Å². The smallest absolute Gasteiger partial charge is 0.411 e. The number of methoxy groups -OCH3 is 1. The van der Waals surface area contributed by atoms with Gasteiger partial charge in [-0.1, -0.05) is 36.4 Å². The Labute approximate surface area is 235 Å². The lowest BCUT2D eigenvalue weighted by Crippen LogP contribution is -2.22. The fraction of sp³-hybridized carbons (Fsp3) is 0.400. The molecule has 0 aliphatic rings. The minimum Gasteiger partial charge on any atom is -0.465 e. The Morgan fingerprint density at radius 1 is 0.825 bits per heavy atom. The number of benzene rings is 3. The summed E-state index contributed by atoms with van der Waals surface area (Å²) in [6, 6.07) is 16.1. The zero-order valence-corrected chi connectivity index (χ0v) is 23.1. The van der Waals surface area contributed by atoms with Crippen molar-refractivity contribution in [3.8, 4) is 0 Å². The second-order valence-electron chi connectivity index (χ2n) is 9.38. The number of carbonyl (C=O) groups excluding carboxylic acids is 2. The number of fused-ring (bicyclic) bond motifs is 1. The number of hydrogen-bond donors (Lipinski definition) is 5. The maximum absolute atomic E-state index is 14.7. The topological polar surface area (TPSA) is 127 Å². The molecule has 1 amide bonds. The van der Waals surface area contributed by atoms with Gasteiger partial charge in [-0.25, -0.2) is 14.0 Å². The highest BCUT2D eigenvalue weighted by molar-refractivity contribution is 6.00. The van der Waals surface area contributed by atoms with Crippen molar-refractivity contribution >= 4 is 34.2 Å². The van der Waals surface area contributed by atoms with Crippen molar-refractivity contribution in [1.29, 1.82) is 0 Å². The van der Waals surface area contributed by atoms with Gasteiger partial charge in [0.2, 0.25) is 0 Å². The first-order valence-corrected chi connectivity index (χ1v) is 13.7. The predicted molar refractivity (Wildman–Crippen MR) is 157 cm³/mol. The van der Waals surface area contributed by atoms with Gasteiger partial charge in [-0.2, -0.15) is 0 Å². The first-order valence-electron chi connectivity index (χ1n) is 13.7. The van der Waals surface area contributed by atoms with E-state index in [0.29, 0.717) is 13.1 Å². The van der Waals surface area contributed by atoms with Crippen LogP contribution >= 0.6 is 0 Å². The highest BCUT2D eigenvalue weighted by Gasteiger charge is 2.19. The fourth-order valence-corrected chi connectivity index (χ4v) is 4.13. The lowest BCUT2D eigenvalue weighted by Gasteiger charge is -2.15. The van der Waals surface area contributed by atoms with Gasteiger partial charge in [0, 0.05) is 6.54 Å². The van der Waals surface area contributed by atoms with E-state index in [-0.39, 0.29) is 23.5 Å². The number of halogens is 1. The summed E-state index contributed by atoms with van der Waals surface area (Å²) in [6.07, 6.45) is 3.15. The number of anilines is 2. The van der Waals surface area contributed by atoms with Crippen molar-refractivity contribution in [3.63, 3.8) is 0 Å². The molecule has 40 heavy (non-hydrogen) atoms. The van der Waals surface area contributed by atoms with Crippen molar-refractivity contribution in [2.24, 2.45) is 5.73 Å². The molecule has 10 heteroatoms. The molecule has 3 aromatic carbocycles. The minimum absolute atomic E-state index is 0.0360. The van der Waals surface area contributed by atoms with Gasteiger partial charge in [-0.3, -0.25) is 5.32 Å². The van der Waals surface area contributed by atoms with E-state index in [1.807, 2.05) is 42.5 Å². The van der Waals surface area contributed by atoms with E-state index >= 15 is 0 Å². The predicted octanol–water partition coefficient (Wildman–Crippen LogP) is 4.62. The molecule has 0 atom stereocenters. The van der Waals surface area contributed by atoms with Crippen molar-refractivity contribution < 1.29 is 23.5 Å². The Bertz CT molecular complexity index is 1240. The molecule has 0 aliphatic carbocycles. The third-order valence-corrected chi connectivity index (χ3v) is 6.29. The number of esters is 1.